The molecule has 0 unspecified atom stereocenters. The molecule has 0 spiro atoms. The fourth-order valence-corrected chi connectivity index (χ4v) is 1.80. The van der Waals surface area contributed by atoms with Gasteiger partial charge in [0.2, 0.25) is 5.91 Å². The second-order valence-corrected chi connectivity index (χ2v) is 4.35. The molecule has 0 saturated carbocycles. The van der Waals surface area contributed by atoms with Gasteiger partial charge in [0.05, 0.1) is 6.42 Å². The molecule has 1 heterocycles. The van der Waals surface area contributed by atoms with Gasteiger partial charge in [-0.3, -0.25) is 14.2 Å². The van der Waals surface area contributed by atoms with E-state index in [0.717, 1.165) is 0 Å². The molecule has 7 nitrogen and oxygen atoms in total. The minimum atomic E-state index is -0.944. The number of nitrogens with zero attached hydrogens (tertiary/aromatic N) is 2. The van der Waals surface area contributed by atoms with Crippen LogP contribution in [-0.2, 0) is 22.6 Å². The number of anilines is 1. The number of carboxylic acids is 1. The lowest BCUT2D eigenvalue weighted by Crippen LogP contribution is -2.28. The first kappa shape index (κ1) is 14.4. The second kappa shape index (κ2) is 6.47. The van der Waals surface area contributed by atoms with Crippen molar-refractivity contribution in [3.05, 3.63) is 58.8 Å². The van der Waals surface area contributed by atoms with Crippen LogP contribution in [0, 0.1) is 0 Å². The summed E-state index contributed by atoms with van der Waals surface area (Å²) in [4.78, 5) is 37.4. The number of carbonyl (C=O) groups excluding carboxylic acids is 1. The summed E-state index contributed by atoms with van der Waals surface area (Å²) in [6.45, 7) is -0.157. The number of aliphatic carboxylic acids is 1. The normalized spacial score (nSPS) is 10.1. The minimum Gasteiger partial charge on any atom is -0.481 e. The lowest BCUT2D eigenvalue weighted by molar-refractivity contribution is -0.136. The Morgan fingerprint density at radius 1 is 1.29 bits per heavy atom. The summed E-state index contributed by atoms with van der Waals surface area (Å²) in [5.74, 6) is -1.34. The second-order valence-electron chi connectivity index (χ2n) is 4.35. The van der Waals surface area contributed by atoms with Gasteiger partial charge in [-0.1, -0.05) is 12.1 Å². The Kier molecular flexibility index (Phi) is 4.45. The molecule has 1 aromatic heterocycles. The molecule has 0 fully saturated rings. The van der Waals surface area contributed by atoms with Crippen molar-refractivity contribution in [2.75, 3.05) is 5.32 Å². The van der Waals surface area contributed by atoms with Gasteiger partial charge < -0.3 is 10.4 Å². The number of benzene rings is 1. The van der Waals surface area contributed by atoms with E-state index in [1.165, 1.54) is 17.0 Å². The van der Waals surface area contributed by atoms with E-state index in [1.54, 1.807) is 30.3 Å². The highest BCUT2D eigenvalue weighted by molar-refractivity contribution is 5.90. The van der Waals surface area contributed by atoms with Crippen molar-refractivity contribution < 1.29 is 14.7 Å². The monoisotopic (exact) mass is 287 g/mol. The SMILES string of the molecule is O=C(O)Cc1cccc(NC(=O)Cn2cccnc2=O)c1. The van der Waals surface area contributed by atoms with E-state index < -0.39 is 17.6 Å². The summed E-state index contributed by atoms with van der Waals surface area (Å²) in [6.07, 6.45) is 2.70. The number of hydrogen-bond donors (Lipinski definition) is 2. The van der Waals surface area contributed by atoms with Crippen LogP contribution in [0.15, 0.2) is 47.5 Å². The Bertz CT molecular complexity index is 724. The summed E-state index contributed by atoms with van der Waals surface area (Å²) in [5.41, 5.74) is 0.557. The number of carboxylic acid groups (broad SMARTS) is 1. The highest BCUT2D eigenvalue weighted by Gasteiger charge is 2.06. The fourth-order valence-electron chi connectivity index (χ4n) is 1.80. The maximum Gasteiger partial charge on any atom is 0.347 e. The molecule has 7 heteroatoms. The summed E-state index contributed by atoms with van der Waals surface area (Å²) < 4.78 is 1.18. The third kappa shape index (κ3) is 4.27. The lowest BCUT2D eigenvalue weighted by Gasteiger charge is -2.07. The molecule has 0 aliphatic carbocycles. The summed E-state index contributed by atoms with van der Waals surface area (Å²) >= 11 is 0. The van der Waals surface area contributed by atoms with Crippen LogP contribution in [0.5, 0.6) is 0 Å². The highest BCUT2D eigenvalue weighted by Crippen LogP contribution is 2.11. The Hall–Kier alpha value is -2.96. The van der Waals surface area contributed by atoms with E-state index in [-0.39, 0.29) is 13.0 Å². The smallest absolute Gasteiger partial charge is 0.347 e. The zero-order chi connectivity index (χ0) is 15.2. The maximum absolute atomic E-state index is 11.9. The number of rotatable bonds is 5. The van der Waals surface area contributed by atoms with Gasteiger partial charge in [0, 0.05) is 18.1 Å². The van der Waals surface area contributed by atoms with Gasteiger partial charge in [0.15, 0.2) is 0 Å². The average Bonchev–Trinajstić information content (AvgIpc) is 2.41. The molecule has 2 N–H and O–H groups in total. The number of carbonyl (C=O) groups is 2. The molecule has 0 atom stereocenters. The zero-order valence-corrected chi connectivity index (χ0v) is 11.0. The quantitative estimate of drug-likeness (QED) is 0.834. The number of amides is 1. The van der Waals surface area contributed by atoms with Crippen molar-refractivity contribution in [3.8, 4) is 0 Å². The first-order valence-electron chi connectivity index (χ1n) is 6.16. The third-order valence-electron chi connectivity index (χ3n) is 2.66. The van der Waals surface area contributed by atoms with Gasteiger partial charge >= 0.3 is 11.7 Å². The average molecular weight is 287 g/mol. The van der Waals surface area contributed by atoms with Crippen LogP contribution in [0.3, 0.4) is 0 Å². The van der Waals surface area contributed by atoms with Crippen LogP contribution in [0.2, 0.25) is 0 Å². The maximum atomic E-state index is 11.9. The van der Waals surface area contributed by atoms with Crippen molar-refractivity contribution in [1.29, 1.82) is 0 Å². The molecule has 1 aromatic carbocycles. The van der Waals surface area contributed by atoms with Gasteiger partial charge in [-0.05, 0) is 23.8 Å². The van der Waals surface area contributed by atoms with Crippen molar-refractivity contribution >= 4 is 17.6 Å². The zero-order valence-electron chi connectivity index (χ0n) is 11.0. The van der Waals surface area contributed by atoms with Crippen molar-refractivity contribution in [2.24, 2.45) is 0 Å². The largest absolute Gasteiger partial charge is 0.481 e. The van der Waals surface area contributed by atoms with Crippen LogP contribution in [0.1, 0.15) is 5.56 Å². The molecule has 2 rings (SSSR count). The van der Waals surface area contributed by atoms with Gasteiger partial charge in [0.1, 0.15) is 6.54 Å². The predicted molar refractivity (Wildman–Crippen MR) is 74.9 cm³/mol. The third-order valence-corrected chi connectivity index (χ3v) is 2.66. The number of hydrogen-bond acceptors (Lipinski definition) is 4. The van der Waals surface area contributed by atoms with E-state index in [2.05, 4.69) is 10.3 Å². The molecule has 21 heavy (non-hydrogen) atoms. The Balaban J connectivity index is 2.04. The van der Waals surface area contributed by atoms with E-state index >= 15 is 0 Å². The molecular weight excluding hydrogens is 274 g/mol. The first-order valence-corrected chi connectivity index (χ1v) is 6.16. The van der Waals surface area contributed by atoms with Crippen molar-refractivity contribution in [2.45, 2.75) is 13.0 Å². The molecule has 0 radical (unpaired) electrons. The predicted octanol–water partition coefficient (Wildman–Crippen LogP) is 0.509. The topological polar surface area (TPSA) is 101 Å². The van der Waals surface area contributed by atoms with Crippen molar-refractivity contribution in [1.82, 2.24) is 9.55 Å². The number of nitrogens with one attached hydrogen (secondary N) is 1. The molecule has 0 bridgehead atoms. The van der Waals surface area contributed by atoms with Crippen LogP contribution in [-0.4, -0.2) is 26.5 Å². The van der Waals surface area contributed by atoms with E-state index in [1.807, 2.05) is 0 Å². The molecule has 0 aliphatic rings. The fraction of sp³-hybridized carbons (Fsp3) is 0.143. The Labute approximate surface area is 119 Å². The number of aromatic nitrogens is 2. The Morgan fingerprint density at radius 2 is 2.10 bits per heavy atom. The van der Waals surface area contributed by atoms with E-state index in [4.69, 9.17) is 5.11 Å². The first-order chi connectivity index (χ1) is 10.0. The summed E-state index contributed by atoms with van der Waals surface area (Å²) in [6, 6.07) is 8.11. The molecule has 108 valence electrons. The molecule has 1 amide bonds. The van der Waals surface area contributed by atoms with Gasteiger partial charge in [0.25, 0.3) is 0 Å². The summed E-state index contributed by atoms with van der Waals surface area (Å²) in [5, 5.41) is 11.3. The molecular formula is C14H13N3O4. The highest BCUT2D eigenvalue weighted by atomic mass is 16.4. The van der Waals surface area contributed by atoms with Crippen LogP contribution in [0.4, 0.5) is 5.69 Å². The standard InChI is InChI=1S/C14H13N3O4/c18-12(9-17-6-2-5-15-14(17)21)16-11-4-1-3-10(7-11)8-13(19)20/h1-7H,8-9H2,(H,16,18)(H,19,20). The van der Waals surface area contributed by atoms with Gasteiger partial charge in [-0.2, -0.15) is 0 Å². The van der Waals surface area contributed by atoms with Crippen LogP contribution < -0.4 is 11.0 Å². The Morgan fingerprint density at radius 3 is 2.81 bits per heavy atom. The van der Waals surface area contributed by atoms with Gasteiger partial charge in [-0.25, -0.2) is 9.78 Å². The molecule has 0 saturated heterocycles. The minimum absolute atomic E-state index is 0.119. The lowest BCUT2D eigenvalue weighted by atomic mass is 10.1. The van der Waals surface area contributed by atoms with Crippen LogP contribution >= 0.6 is 0 Å². The van der Waals surface area contributed by atoms with E-state index in [0.29, 0.717) is 11.3 Å². The van der Waals surface area contributed by atoms with Crippen LogP contribution in [0.25, 0.3) is 0 Å². The molecule has 0 aliphatic heterocycles. The van der Waals surface area contributed by atoms with E-state index in [9.17, 15) is 14.4 Å². The molecule has 2 aromatic rings. The summed E-state index contributed by atoms with van der Waals surface area (Å²) in [7, 11) is 0. The van der Waals surface area contributed by atoms with Crippen molar-refractivity contribution in [3.63, 3.8) is 0 Å². The van der Waals surface area contributed by atoms with Gasteiger partial charge in [-0.15, -0.1) is 0 Å².